The van der Waals surface area contributed by atoms with Gasteiger partial charge in [-0.2, -0.15) is 0 Å². The number of halogens is 3. The van der Waals surface area contributed by atoms with Gasteiger partial charge < -0.3 is 15.0 Å². The maximum atomic E-state index is 14.0. The minimum atomic E-state index is -1.21. The zero-order chi connectivity index (χ0) is 25.6. The second kappa shape index (κ2) is 10.8. The lowest BCUT2D eigenvalue weighted by atomic mass is 10.2. The maximum absolute atomic E-state index is 14.0. The van der Waals surface area contributed by atoms with E-state index in [4.69, 9.17) is 4.74 Å². The van der Waals surface area contributed by atoms with Gasteiger partial charge in [0.2, 0.25) is 0 Å². The Morgan fingerprint density at radius 1 is 1.00 bits per heavy atom. The number of anilines is 1. The Labute approximate surface area is 192 Å². The van der Waals surface area contributed by atoms with Crippen molar-refractivity contribution in [2.24, 2.45) is 0 Å². The first-order valence-corrected chi connectivity index (χ1v) is 10.0. The van der Waals surface area contributed by atoms with Crippen molar-refractivity contribution < 1.29 is 32.5 Å². The van der Waals surface area contributed by atoms with Crippen molar-refractivity contribution >= 4 is 23.2 Å². The van der Waals surface area contributed by atoms with Gasteiger partial charge in [-0.3, -0.25) is 20.2 Å². The molecule has 1 heterocycles. The number of carbonyl (C=O) groups is 1. The van der Waals surface area contributed by atoms with E-state index in [0.29, 0.717) is 37.3 Å². The molecule has 184 valence electrons. The fourth-order valence-electron chi connectivity index (χ4n) is 3.04. The molecule has 1 fully saturated rings. The van der Waals surface area contributed by atoms with Crippen LogP contribution in [0, 0.1) is 37.7 Å². The molecule has 10 nitrogen and oxygen atoms in total. The third-order valence-corrected chi connectivity index (χ3v) is 4.51. The van der Waals surface area contributed by atoms with Crippen molar-refractivity contribution in [3.05, 3.63) is 74.1 Å². The van der Waals surface area contributed by atoms with E-state index in [9.17, 15) is 38.2 Å². The van der Waals surface area contributed by atoms with Crippen molar-refractivity contribution in [1.82, 2.24) is 5.32 Å². The summed E-state index contributed by atoms with van der Waals surface area (Å²) < 4.78 is 43.6. The number of nitro groups is 2. The van der Waals surface area contributed by atoms with Crippen molar-refractivity contribution in [2.45, 2.75) is 38.8 Å². The largest absolute Gasteiger partial charge is 0.444 e. The highest BCUT2D eigenvalue weighted by Gasteiger charge is 2.28. The van der Waals surface area contributed by atoms with E-state index in [1.165, 1.54) is 12.1 Å². The molecule has 1 saturated heterocycles. The highest BCUT2D eigenvalue weighted by Crippen LogP contribution is 2.27. The average molecular weight is 484 g/mol. The summed E-state index contributed by atoms with van der Waals surface area (Å²) in [6, 6.07) is 5.57. The minimum absolute atomic E-state index is 0.153. The van der Waals surface area contributed by atoms with Crippen LogP contribution in [0.5, 0.6) is 0 Å². The molecule has 1 amide bonds. The SMILES string of the molecule is CC(C)(C)OC(=O)N[C@@H]1CCN(c2ccc([N+](=O)[O-])cc2F)C1.O=[N+]([O-])c1ccc(F)c(F)c1. The van der Waals surface area contributed by atoms with E-state index in [-0.39, 0.29) is 11.7 Å². The van der Waals surface area contributed by atoms with Crippen molar-refractivity contribution in [1.29, 1.82) is 0 Å². The molecule has 0 spiro atoms. The fourth-order valence-corrected chi connectivity index (χ4v) is 3.04. The molecule has 2 aromatic carbocycles. The van der Waals surface area contributed by atoms with E-state index < -0.39 is 44.7 Å². The predicted molar refractivity (Wildman–Crippen MR) is 116 cm³/mol. The Morgan fingerprint density at radius 2 is 1.56 bits per heavy atom. The quantitative estimate of drug-likeness (QED) is 0.492. The molecule has 13 heteroatoms. The molecule has 3 rings (SSSR count). The number of hydrogen-bond acceptors (Lipinski definition) is 7. The first kappa shape index (κ1) is 26.4. The normalized spacial score (nSPS) is 15.2. The van der Waals surface area contributed by atoms with Crippen LogP contribution in [0.1, 0.15) is 27.2 Å². The van der Waals surface area contributed by atoms with Crippen LogP contribution in [-0.4, -0.2) is 40.7 Å². The van der Waals surface area contributed by atoms with Gasteiger partial charge in [-0.05, 0) is 39.3 Å². The van der Waals surface area contributed by atoms with Gasteiger partial charge in [0, 0.05) is 25.2 Å². The van der Waals surface area contributed by atoms with Gasteiger partial charge in [-0.1, -0.05) is 0 Å². The highest BCUT2D eigenvalue weighted by molar-refractivity contribution is 5.68. The number of benzene rings is 2. The molecular formula is C21H23F3N4O6. The Balaban J connectivity index is 0.000000310. The molecular weight excluding hydrogens is 461 g/mol. The third kappa shape index (κ3) is 7.60. The molecule has 0 saturated carbocycles. The molecule has 0 radical (unpaired) electrons. The second-order valence-corrected chi connectivity index (χ2v) is 8.33. The summed E-state index contributed by atoms with van der Waals surface area (Å²) in [6.07, 6.45) is 0.142. The molecule has 1 aliphatic heterocycles. The van der Waals surface area contributed by atoms with Crippen LogP contribution in [0.3, 0.4) is 0 Å². The number of nitrogens with zero attached hydrogens (tertiary/aromatic N) is 3. The number of amides is 1. The second-order valence-electron chi connectivity index (χ2n) is 8.33. The predicted octanol–water partition coefficient (Wildman–Crippen LogP) is 4.71. The third-order valence-electron chi connectivity index (χ3n) is 4.51. The number of carbonyl (C=O) groups excluding carboxylic acids is 1. The van der Waals surface area contributed by atoms with Gasteiger partial charge in [-0.25, -0.2) is 18.0 Å². The lowest BCUT2D eigenvalue weighted by molar-refractivity contribution is -0.385. The van der Waals surface area contributed by atoms with Crippen molar-refractivity contribution in [3.8, 4) is 0 Å². The summed E-state index contributed by atoms with van der Waals surface area (Å²) in [5.74, 6) is -2.94. The Morgan fingerprint density at radius 3 is 2.06 bits per heavy atom. The van der Waals surface area contributed by atoms with E-state index in [1.807, 2.05) is 0 Å². The minimum Gasteiger partial charge on any atom is -0.444 e. The molecule has 0 bridgehead atoms. The number of nitrogens with one attached hydrogen (secondary N) is 1. The summed E-state index contributed by atoms with van der Waals surface area (Å²) >= 11 is 0. The molecule has 34 heavy (non-hydrogen) atoms. The number of nitro benzene ring substituents is 2. The zero-order valence-corrected chi connectivity index (χ0v) is 18.6. The van der Waals surface area contributed by atoms with Crippen molar-refractivity contribution in [2.75, 3.05) is 18.0 Å². The molecule has 1 N–H and O–H groups in total. The Kier molecular flexibility index (Phi) is 8.38. The first-order chi connectivity index (χ1) is 15.8. The number of non-ortho nitro benzene ring substituents is 2. The average Bonchev–Trinajstić information content (AvgIpc) is 3.16. The van der Waals surface area contributed by atoms with Gasteiger partial charge in [-0.15, -0.1) is 0 Å². The van der Waals surface area contributed by atoms with E-state index in [1.54, 1.807) is 25.7 Å². The van der Waals surface area contributed by atoms with Crippen LogP contribution >= 0.6 is 0 Å². The summed E-state index contributed by atoms with van der Waals surface area (Å²) in [5.41, 5.74) is -1.02. The maximum Gasteiger partial charge on any atom is 0.407 e. The van der Waals surface area contributed by atoms with Crippen LogP contribution in [0.25, 0.3) is 0 Å². The number of alkyl carbamates (subject to hydrolysis) is 1. The van der Waals surface area contributed by atoms with Crippen molar-refractivity contribution in [3.63, 3.8) is 0 Å². The van der Waals surface area contributed by atoms with Gasteiger partial charge in [0.25, 0.3) is 11.4 Å². The molecule has 0 unspecified atom stereocenters. The van der Waals surface area contributed by atoms with Crippen LogP contribution in [0.15, 0.2) is 36.4 Å². The van der Waals surface area contributed by atoms with Gasteiger partial charge in [0.1, 0.15) is 5.60 Å². The van der Waals surface area contributed by atoms with Crippen LogP contribution < -0.4 is 10.2 Å². The van der Waals surface area contributed by atoms with E-state index >= 15 is 0 Å². The Hall–Kier alpha value is -3.90. The smallest absolute Gasteiger partial charge is 0.407 e. The summed E-state index contributed by atoms with van der Waals surface area (Å²) in [6.45, 7) is 6.31. The molecule has 0 aromatic heterocycles. The highest BCUT2D eigenvalue weighted by atomic mass is 19.2. The summed E-state index contributed by atoms with van der Waals surface area (Å²) in [4.78, 5) is 32.7. The summed E-state index contributed by atoms with van der Waals surface area (Å²) in [5, 5.41) is 23.4. The topological polar surface area (TPSA) is 128 Å². The monoisotopic (exact) mass is 484 g/mol. The summed E-state index contributed by atoms with van der Waals surface area (Å²) in [7, 11) is 0. The number of hydrogen-bond donors (Lipinski definition) is 1. The van der Waals surface area contributed by atoms with Crippen LogP contribution in [-0.2, 0) is 4.74 Å². The van der Waals surface area contributed by atoms with Gasteiger partial charge >= 0.3 is 6.09 Å². The lowest BCUT2D eigenvalue weighted by Crippen LogP contribution is -2.40. The van der Waals surface area contributed by atoms with Gasteiger partial charge in [0.05, 0.1) is 33.7 Å². The molecule has 0 aliphatic carbocycles. The lowest BCUT2D eigenvalue weighted by Gasteiger charge is -2.22. The standard InChI is InChI=1S/C15H20FN3O4.C6H3F2NO2/c1-15(2,3)23-14(20)17-10-6-7-18(9-10)13-5-4-11(19(21)22)8-12(13)16;7-5-2-1-4(9(10)11)3-6(5)8/h4-5,8,10H,6-7,9H2,1-3H3,(H,17,20);1-3H/t10-;/m1./s1. The van der Waals surface area contributed by atoms with Gasteiger partial charge in [0.15, 0.2) is 17.5 Å². The van der Waals surface area contributed by atoms with Crippen LogP contribution in [0.4, 0.5) is 35.0 Å². The zero-order valence-electron chi connectivity index (χ0n) is 18.6. The van der Waals surface area contributed by atoms with E-state index in [0.717, 1.165) is 12.1 Å². The molecule has 2 aromatic rings. The fraction of sp³-hybridized carbons (Fsp3) is 0.381. The first-order valence-electron chi connectivity index (χ1n) is 10.0. The molecule has 1 aliphatic rings. The van der Waals surface area contributed by atoms with E-state index in [2.05, 4.69) is 5.32 Å². The Bertz CT molecular complexity index is 1080. The number of rotatable bonds is 4. The van der Waals surface area contributed by atoms with Crippen LogP contribution in [0.2, 0.25) is 0 Å². The number of ether oxygens (including phenoxy) is 1. The molecule has 1 atom stereocenters.